The van der Waals surface area contributed by atoms with Crippen LogP contribution in [0.4, 0.5) is 4.79 Å². The number of methoxy groups -OCH3 is 1. The topological polar surface area (TPSA) is 84.9 Å². The van der Waals surface area contributed by atoms with Gasteiger partial charge in [0.2, 0.25) is 5.91 Å². The first-order valence-corrected chi connectivity index (χ1v) is 9.97. The summed E-state index contributed by atoms with van der Waals surface area (Å²) in [6.45, 7) is 1.08. The molecule has 1 N–H and O–H groups in total. The van der Waals surface area contributed by atoms with Gasteiger partial charge in [0.25, 0.3) is 0 Å². The van der Waals surface area contributed by atoms with Crippen LogP contribution in [0.1, 0.15) is 30.0 Å². The van der Waals surface area contributed by atoms with E-state index in [1.54, 1.807) is 29.2 Å². The Morgan fingerprint density at radius 3 is 2.20 bits per heavy atom. The van der Waals surface area contributed by atoms with Gasteiger partial charge in [0.1, 0.15) is 6.61 Å². The summed E-state index contributed by atoms with van der Waals surface area (Å²) in [6, 6.07) is 17.6. The highest BCUT2D eigenvalue weighted by molar-refractivity contribution is 5.86. The van der Waals surface area contributed by atoms with E-state index in [4.69, 9.17) is 9.47 Å². The van der Waals surface area contributed by atoms with Crippen LogP contribution in [0.2, 0.25) is 0 Å². The second-order valence-electron chi connectivity index (χ2n) is 7.18. The molecule has 1 heterocycles. The molecule has 0 unspecified atom stereocenters. The third kappa shape index (κ3) is 5.59. The van der Waals surface area contributed by atoms with E-state index in [1.165, 1.54) is 7.11 Å². The molecule has 2 amide bonds. The normalized spacial score (nSPS) is 15.2. The molecule has 1 aliphatic rings. The highest BCUT2D eigenvalue weighted by Crippen LogP contribution is 2.21. The molecular formula is C23H26N2O5. The van der Waals surface area contributed by atoms with Crippen molar-refractivity contribution in [3.8, 4) is 0 Å². The van der Waals surface area contributed by atoms with Crippen LogP contribution in [0.3, 0.4) is 0 Å². The van der Waals surface area contributed by atoms with Crippen molar-refractivity contribution in [3.63, 3.8) is 0 Å². The van der Waals surface area contributed by atoms with Crippen LogP contribution in [-0.4, -0.2) is 43.1 Å². The Morgan fingerprint density at radius 2 is 1.60 bits per heavy atom. The maximum atomic E-state index is 12.7. The molecule has 1 saturated heterocycles. The number of hydrogen-bond donors (Lipinski definition) is 1. The molecule has 158 valence electrons. The van der Waals surface area contributed by atoms with Gasteiger partial charge in [0, 0.05) is 19.0 Å². The fraction of sp³-hybridized carbons (Fsp3) is 0.348. The molecular weight excluding hydrogens is 384 g/mol. The molecule has 7 nitrogen and oxygen atoms in total. The van der Waals surface area contributed by atoms with E-state index >= 15 is 0 Å². The predicted molar refractivity (Wildman–Crippen MR) is 110 cm³/mol. The minimum atomic E-state index is -0.849. The number of esters is 1. The largest absolute Gasteiger partial charge is 0.467 e. The molecule has 0 saturated carbocycles. The summed E-state index contributed by atoms with van der Waals surface area (Å²) in [5, 5.41) is 2.80. The first-order chi connectivity index (χ1) is 14.6. The molecule has 0 aliphatic carbocycles. The zero-order valence-corrected chi connectivity index (χ0v) is 17.0. The number of nitrogens with zero attached hydrogens (tertiary/aromatic N) is 1. The number of ether oxygens (including phenoxy) is 2. The molecule has 0 aromatic heterocycles. The van der Waals surface area contributed by atoms with Gasteiger partial charge in [-0.2, -0.15) is 0 Å². The van der Waals surface area contributed by atoms with Crippen LogP contribution in [-0.2, 0) is 25.7 Å². The number of amides is 2. The second-order valence-corrected chi connectivity index (χ2v) is 7.18. The Balaban J connectivity index is 1.50. The Hall–Kier alpha value is -3.35. The molecule has 0 spiro atoms. The summed E-state index contributed by atoms with van der Waals surface area (Å²) < 4.78 is 10.2. The Labute approximate surface area is 176 Å². The van der Waals surface area contributed by atoms with Crippen molar-refractivity contribution in [2.24, 2.45) is 5.92 Å². The number of rotatable bonds is 6. The lowest BCUT2D eigenvalue weighted by molar-refractivity contribution is -0.146. The van der Waals surface area contributed by atoms with Gasteiger partial charge < -0.3 is 19.7 Å². The monoisotopic (exact) mass is 410 g/mol. The third-order valence-electron chi connectivity index (χ3n) is 5.19. The fourth-order valence-electron chi connectivity index (χ4n) is 3.44. The van der Waals surface area contributed by atoms with E-state index < -0.39 is 12.0 Å². The molecule has 0 radical (unpaired) electrons. The van der Waals surface area contributed by atoms with Crippen molar-refractivity contribution in [2.45, 2.75) is 25.5 Å². The maximum Gasteiger partial charge on any atom is 0.410 e. The van der Waals surface area contributed by atoms with Crippen LogP contribution in [0.15, 0.2) is 60.7 Å². The standard InChI is InChI=1S/C23H26N2O5/c1-29-22(27)20(18-10-6-3-7-11-18)24-21(26)19-12-14-25(15-13-19)23(28)30-16-17-8-4-2-5-9-17/h2-11,19-20H,12-16H2,1H3,(H,24,26)/t20-/m0/s1. The molecule has 2 aromatic carbocycles. The Bertz CT molecular complexity index is 848. The third-order valence-corrected chi connectivity index (χ3v) is 5.19. The summed E-state index contributed by atoms with van der Waals surface area (Å²) in [7, 11) is 1.30. The summed E-state index contributed by atoms with van der Waals surface area (Å²) in [4.78, 5) is 38.8. The van der Waals surface area contributed by atoms with Crippen LogP contribution in [0.5, 0.6) is 0 Å². The van der Waals surface area contributed by atoms with E-state index in [-0.39, 0.29) is 24.5 Å². The number of carbonyl (C=O) groups is 3. The first kappa shape index (κ1) is 21.4. The number of likely N-dealkylation sites (tertiary alicyclic amines) is 1. The number of hydrogen-bond acceptors (Lipinski definition) is 5. The average Bonchev–Trinajstić information content (AvgIpc) is 2.81. The zero-order chi connectivity index (χ0) is 21.3. The highest BCUT2D eigenvalue weighted by atomic mass is 16.6. The van der Waals surface area contributed by atoms with Crippen molar-refractivity contribution in [1.82, 2.24) is 10.2 Å². The van der Waals surface area contributed by atoms with Gasteiger partial charge in [0.05, 0.1) is 7.11 Å². The van der Waals surface area contributed by atoms with Gasteiger partial charge in [-0.05, 0) is 24.0 Å². The summed E-state index contributed by atoms with van der Waals surface area (Å²) in [5.41, 5.74) is 1.59. The smallest absolute Gasteiger partial charge is 0.410 e. The molecule has 7 heteroatoms. The first-order valence-electron chi connectivity index (χ1n) is 9.97. The molecule has 30 heavy (non-hydrogen) atoms. The molecule has 3 rings (SSSR count). The lowest BCUT2D eigenvalue weighted by Gasteiger charge is -2.31. The van der Waals surface area contributed by atoms with Gasteiger partial charge in [-0.25, -0.2) is 9.59 Å². The van der Waals surface area contributed by atoms with Crippen LogP contribution in [0, 0.1) is 5.92 Å². The number of nitrogens with one attached hydrogen (secondary N) is 1. The van der Waals surface area contributed by atoms with Crippen LogP contribution >= 0.6 is 0 Å². The summed E-state index contributed by atoms with van der Waals surface area (Å²) >= 11 is 0. The Morgan fingerprint density at radius 1 is 1.00 bits per heavy atom. The van der Waals surface area contributed by atoms with Gasteiger partial charge in [0.15, 0.2) is 6.04 Å². The minimum absolute atomic E-state index is 0.216. The lowest BCUT2D eigenvalue weighted by atomic mass is 9.95. The van der Waals surface area contributed by atoms with Gasteiger partial charge in [-0.1, -0.05) is 60.7 Å². The van der Waals surface area contributed by atoms with E-state index in [2.05, 4.69) is 5.32 Å². The number of benzene rings is 2. The summed E-state index contributed by atoms with van der Waals surface area (Å²) in [6.07, 6.45) is 0.638. The number of piperidine rings is 1. The van der Waals surface area contributed by atoms with Crippen LogP contribution in [0.25, 0.3) is 0 Å². The predicted octanol–water partition coefficient (Wildman–Crippen LogP) is 3.07. The SMILES string of the molecule is COC(=O)[C@@H](NC(=O)C1CCN(C(=O)OCc2ccccc2)CC1)c1ccccc1. The Kier molecular flexibility index (Phi) is 7.43. The highest BCUT2D eigenvalue weighted by Gasteiger charge is 2.31. The average molecular weight is 410 g/mol. The molecule has 2 aromatic rings. The lowest BCUT2D eigenvalue weighted by Crippen LogP contribution is -2.45. The van der Waals surface area contributed by atoms with E-state index in [1.807, 2.05) is 36.4 Å². The minimum Gasteiger partial charge on any atom is -0.467 e. The van der Waals surface area contributed by atoms with Crippen molar-refractivity contribution < 1.29 is 23.9 Å². The second kappa shape index (κ2) is 10.4. The van der Waals surface area contributed by atoms with Crippen molar-refractivity contribution in [1.29, 1.82) is 0 Å². The van der Waals surface area contributed by atoms with E-state index in [9.17, 15) is 14.4 Å². The van der Waals surface area contributed by atoms with E-state index in [0.717, 1.165) is 5.56 Å². The van der Waals surface area contributed by atoms with Crippen molar-refractivity contribution in [2.75, 3.05) is 20.2 Å². The molecule has 0 bridgehead atoms. The maximum absolute atomic E-state index is 12.7. The van der Waals surface area contributed by atoms with Gasteiger partial charge in [-0.3, -0.25) is 4.79 Å². The molecule has 1 atom stereocenters. The van der Waals surface area contributed by atoms with Crippen molar-refractivity contribution >= 4 is 18.0 Å². The zero-order valence-electron chi connectivity index (χ0n) is 17.0. The summed E-state index contributed by atoms with van der Waals surface area (Å²) in [5.74, 6) is -1.01. The quantitative estimate of drug-likeness (QED) is 0.740. The fourth-order valence-corrected chi connectivity index (χ4v) is 3.44. The molecule has 1 fully saturated rings. The van der Waals surface area contributed by atoms with Gasteiger partial charge >= 0.3 is 12.1 Å². The molecule has 1 aliphatic heterocycles. The number of carbonyl (C=O) groups excluding carboxylic acids is 3. The van der Waals surface area contributed by atoms with Crippen molar-refractivity contribution in [3.05, 3.63) is 71.8 Å². The van der Waals surface area contributed by atoms with Crippen LogP contribution < -0.4 is 5.32 Å². The van der Waals surface area contributed by atoms with Gasteiger partial charge in [-0.15, -0.1) is 0 Å². The van der Waals surface area contributed by atoms with E-state index in [0.29, 0.717) is 31.5 Å².